The molecule has 1 aromatic heterocycles. The normalized spacial score (nSPS) is 26.7. The van der Waals surface area contributed by atoms with E-state index in [1.54, 1.807) is 6.20 Å². The van der Waals surface area contributed by atoms with E-state index in [1.807, 2.05) is 12.3 Å². The van der Waals surface area contributed by atoms with Crippen LogP contribution in [0.5, 0.6) is 0 Å². The van der Waals surface area contributed by atoms with Crippen LogP contribution in [-0.4, -0.2) is 30.3 Å². The van der Waals surface area contributed by atoms with Crippen LogP contribution in [-0.2, 0) is 4.74 Å². The largest absolute Gasteiger partial charge is 0.397 e. The molecule has 1 aliphatic rings. The van der Waals surface area contributed by atoms with Gasteiger partial charge in [0.25, 0.3) is 0 Å². The van der Waals surface area contributed by atoms with Crippen molar-refractivity contribution in [1.29, 1.82) is 0 Å². The van der Waals surface area contributed by atoms with Gasteiger partial charge in [-0.15, -0.1) is 0 Å². The van der Waals surface area contributed by atoms with Crippen molar-refractivity contribution >= 4 is 11.4 Å². The Labute approximate surface area is 90.0 Å². The summed E-state index contributed by atoms with van der Waals surface area (Å²) in [6, 6.07) is 2.34. The molecule has 2 atom stereocenters. The summed E-state index contributed by atoms with van der Waals surface area (Å²) in [6.07, 6.45) is 3.78. The summed E-state index contributed by atoms with van der Waals surface area (Å²) in [5.74, 6) is 0. The maximum atomic E-state index is 5.72. The zero-order valence-electron chi connectivity index (χ0n) is 9.18. The Morgan fingerprint density at radius 1 is 1.47 bits per heavy atom. The highest BCUT2D eigenvalue weighted by molar-refractivity contribution is 5.54. The Balaban J connectivity index is 2.21. The lowest BCUT2D eigenvalue weighted by Crippen LogP contribution is -2.47. The molecular formula is C11H17N3O. The third-order valence-corrected chi connectivity index (χ3v) is 2.68. The molecule has 2 N–H and O–H groups in total. The second kappa shape index (κ2) is 4.06. The number of nitrogens with two attached hydrogens (primary N) is 1. The van der Waals surface area contributed by atoms with Crippen LogP contribution in [0.4, 0.5) is 11.4 Å². The Morgan fingerprint density at radius 2 is 2.27 bits per heavy atom. The molecule has 2 heterocycles. The number of nitrogen functional groups attached to an aromatic ring is 1. The van der Waals surface area contributed by atoms with Crippen LogP contribution in [0.15, 0.2) is 18.5 Å². The van der Waals surface area contributed by atoms with Gasteiger partial charge in [0.2, 0.25) is 0 Å². The number of nitrogens with zero attached hydrogens (tertiary/aromatic N) is 2. The van der Waals surface area contributed by atoms with Gasteiger partial charge < -0.3 is 15.4 Å². The maximum Gasteiger partial charge on any atom is 0.0723 e. The topological polar surface area (TPSA) is 51.4 Å². The van der Waals surface area contributed by atoms with Crippen LogP contribution in [0.1, 0.15) is 13.8 Å². The molecule has 0 aliphatic carbocycles. The number of anilines is 2. The summed E-state index contributed by atoms with van der Waals surface area (Å²) < 4.78 is 5.58. The van der Waals surface area contributed by atoms with E-state index in [2.05, 4.69) is 23.7 Å². The van der Waals surface area contributed by atoms with Gasteiger partial charge in [-0.25, -0.2) is 0 Å². The van der Waals surface area contributed by atoms with Gasteiger partial charge >= 0.3 is 0 Å². The highest BCUT2D eigenvalue weighted by Crippen LogP contribution is 2.22. The molecule has 15 heavy (non-hydrogen) atoms. The van der Waals surface area contributed by atoms with Gasteiger partial charge in [0.1, 0.15) is 0 Å². The van der Waals surface area contributed by atoms with Crippen molar-refractivity contribution in [3.63, 3.8) is 0 Å². The zero-order valence-corrected chi connectivity index (χ0v) is 9.18. The first kappa shape index (κ1) is 10.2. The summed E-state index contributed by atoms with van der Waals surface area (Å²) in [5.41, 5.74) is 7.51. The van der Waals surface area contributed by atoms with E-state index in [1.165, 1.54) is 0 Å². The average Bonchev–Trinajstić information content (AvgIpc) is 2.22. The standard InChI is InChI=1S/C11H17N3O/c1-8-7-15-9(2)6-14(8)11-3-10(12)4-13-5-11/h3-5,8-9H,6-7,12H2,1-2H3. The molecule has 1 aliphatic heterocycles. The molecule has 82 valence electrons. The summed E-state index contributed by atoms with van der Waals surface area (Å²) in [6.45, 7) is 5.88. The van der Waals surface area contributed by atoms with Crippen molar-refractivity contribution in [2.45, 2.75) is 26.0 Å². The van der Waals surface area contributed by atoms with Crippen LogP contribution in [0, 0.1) is 0 Å². The molecule has 0 aromatic carbocycles. The molecule has 4 heteroatoms. The molecule has 0 spiro atoms. The quantitative estimate of drug-likeness (QED) is 0.753. The number of aromatic nitrogens is 1. The Kier molecular flexibility index (Phi) is 2.77. The van der Waals surface area contributed by atoms with Crippen molar-refractivity contribution in [3.8, 4) is 0 Å². The zero-order chi connectivity index (χ0) is 10.8. The Bertz CT molecular complexity index is 342. The lowest BCUT2D eigenvalue weighted by Gasteiger charge is -2.38. The summed E-state index contributed by atoms with van der Waals surface area (Å²) in [7, 11) is 0. The number of hydrogen-bond acceptors (Lipinski definition) is 4. The van der Waals surface area contributed by atoms with Crippen LogP contribution in [0.3, 0.4) is 0 Å². The molecular weight excluding hydrogens is 190 g/mol. The molecule has 1 saturated heterocycles. The minimum absolute atomic E-state index is 0.266. The molecule has 2 rings (SSSR count). The number of pyridine rings is 1. The molecule has 0 bridgehead atoms. The summed E-state index contributed by atoms with van der Waals surface area (Å²) in [5, 5.41) is 0. The van der Waals surface area contributed by atoms with Gasteiger partial charge in [0.15, 0.2) is 0 Å². The fraction of sp³-hybridized carbons (Fsp3) is 0.545. The van der Waals surface area contributed by atoms with Crippen LogP contribution >= 0.6 is 0 Å². The number of ether oxygens (including phenoxy) is 1. The second-order valence-corrected chi connectivity index (χ2v) is 4.12. The molecule has 4 nitrogen and oxygen atoms in total. The first-order valence-corrected chi connectivity index (χ1v) is 5.25. The monoisotopic (exact) mass is 207 g/mol. The van der Waals surface area contributed by atoms with Gasteiger partial charge in [0.05, 0.1) is 30.3 Å². The van der Waals surface area contributed by atoms with E-state index < -0.39 is 0 Å². The van der Waals surface area contributed by atoms with E-state index in [0.29, 0.717) is 11.7 Å². The van der Waals surface area contributed by atoms with Gasteiger partial charge in [-0.05, 0) is 19.9 Å². The Hall–Kier alpha value is -1.29. The molecule has 1 aromatic rings. The van der Waals surface area contributed by atoms with E-state index in [0.717, 1.165) is 18.8 Å². The molecule has 2 unspecified atom stereocenters. The first-order valence-electron chi connectivity index (χ1n) is 5.25. The summed E-state index contributed by atoms with van der Waals surface area (Å²) >= 11 is 0. The minimum Gasteiger partial charge on any atom is -0.397 e. The smallest absolute Gasteiger partial charge is 0.0723 e. The first-order chi connectivity index (χ1) is 7.16. The van der Waals surface area contributed by atoms with Crippen molar-refractivity contribution < 1.29 is 4.74 Å². The number of hydrogen-bond donors (Lipinski definition) is 1. The number of rotatable bonds is 1. The highest BCUT2D eigenvalue weighted by Gasteiger charge is 2.23. The SMILES string of the molecule is CC1CN(c2cncc(N)c2)C(C)CO1. The van der Waals surface area contributed by atoms with Crippen molar-refractivity contribution in [3.05, 3.63) is 18.5 Å². The predicted octanol–water partition coefficient (Wildman–Crippen LogP) is 1.28. The summed E-state index contributed by atoms with van der Waals surface area (Å²) in [4.78, 5) is 6.40. The fourth-order valence-corrected chi connectivity index (χ4v) is 1.87. The van der Waals surface area contributed by atoms with E-state index in [-0.39, 0.29) is 6.10 Å². The van der Waals surface area contributed by atoms with Crippen LogP contribution < -0.4 is 10.6 Å². The predicted molar refractivity (Wildman–Crippen MR) is 60.9 cm³/mol. The fourth-order valence-electron chi connectivity index (χ4n) is 1.87. The molecule has 0 amide bonds. The lowest BCUT2D eigenvalue weighted by molar-refractivity contribution is 0.0343. The maximum absolute atomic E-state index is 5.72. The van der Waals surface area contributed by atoms with Crippen LogP contribution in [0.25, 0.3) is 0 Å². The van der Waals surface area contributed by atoms with Gasteiger partial charge in [0, 0.05) is 18.8 Å². The second-order valence-electron chi connectivity index (χ2n) is 4.12. The van der Waals surface area contributed by atoms with E-state index >= 15 is 0 Å². The molecule has 1 fully saturated rings. The van der Waals surface area contributed by atoms with Crippen molar-refractivity contribution in [2.24, 2.45) is 0 Å². The molecule has 0 radical (unpaired) electrons. The van der Waals surface area contributed by atoms with Gasteiger partial charge in [-0.2, -0.15) is 0 Å². The lowest BCUT2D eigenvalue weighted by atomic mass is 10.2. The van der Waals surface area contributed by atoms with E-state index in [4.69, 9.17) is 10.5 Å². The van der Waals surface area contributed by atoms with Gasteiger partial charge in [-0.1, -0.05) is 0 Å². The van der Waals surface area contributed by atoms with Gasteiger partial charge in [-0.3, -0.25) is 4.98 Å². The third kappa shape index (κ3) is 2.21. The van der Waals surface area contributed by atoms with E-state index in [9.17, 15) is 0 Å². The average molecular weight is 207 g/mol. The Morgan fingerprint density at radius 3 is 3.00 bits per heavy atom. The number of morpholine rings is 1. The minimum atomic E-state index is 0.266. The third-order valence-electron chi connectivity index (χ3n) is 2.68. The van der Waals surface area contributed by atoms with Crippen molar-refractivity contribution in [1.82, 2.24) is 4.98 Å². The highest BCUT2D eigenvalue weighted by atomic mass is 16.5. The van der Waals surface area contributed by atoms with Crippen LogP contribution in [0.2, 0.25) is 0 Å². The molecule has 0 saturated carbocycles. The van der Waals surface area contributed by atoms with Crippen molar-refractivity contribution in [2.75, 3.05) is 23.8 Å².